The number of hydrogen-bond acceptors (Lipinski definition) is 1. The highest BCUT2D eigenvalue weighted by Gasteiger charge is 2.41. The van der Waals surface area contributed by atoms with Crippen molar-refractivity contribution in [3.05, 3.63) is 23.8 Å². The highest BCUT2D eigenvalue weighted by molar-refractivity contribution is 5.31. The molecule has 0 bridgehead atoms. The lowest BCUT2D eigenvalue weighted by molar-refractivity contribution is 0.0889. The van der Waals surface area contributed by atoms with E-state index >= 15 is 0 Å². The van der Waals surface area contributed by atoms with Gasteiger partial charge in [-0.2, -0.15) is 0 Å². The third kappa shape index (κ3) is 3.51. The second-order valence-corrected chi connectivity index (χ2v) is 7.88. The second-order valence-electron chi connectivity index (χ2n) is 7.88. The Morgan fingerprint density at radius 1 is 1.26 bits per heavy atom. The number of allylic oxidation sites excluding steroid dienone is 3. The van der Waals surface area contributed by atoms with Crippen LogP contribution in [0.25, 0.3) is 0 Å². The van der Waals surface area contributed by atoms with Gasteiger partial charge in [-0.05, 0) is 48.0 Å². The van der Waals surface area contributed by atoms with E-state index in [9.17, 15) is 0 Å². The fraction of sp³-hybridized carbons (Fsp3) is 0.778. The molecule has 3 unspecified atom stereocenters. The van der Waals surface area contributed by atoms with Crippen LogP contribution < -0.4 is 0 Å². The van der Waals surface area contributed by atoms with Crippen LogP contribution in [0.2, 0.25) is 0 Å². The molecule has 0 spiro atoms. The zero-order valence-corrected chi connectivity index (χ0v) is 13.3. The largest absolute Gasteiger partial charge is 0.384 e. The fourth-order valence-corrected chi connectivity index (χ4v) is 4.66. The standard InChI is InChI=1S/C18H30O/c1-14-10-17(2,3)13-18(4,11-14)16-8-6-15(7-9-16)12-19-5/h6,8-9,14-15H,7,10-13H2,1-5H3. The van der Waals surface area contributed by atoms with Gasteiger partial charge in [0.05, 0.1) is 6.61 Å². The van der Waals surface area contributed by atoms with Gasteiger partial charge < -0.3 is 4.74 Å². The van der Waals surface area contributed by atoms with Crippen molar-refractivity contribution in [2.24, 2.45) is 22.7 Å². The minimum Gasteiger partial charge on any atom is -0.384 e. The lowest BCUT2D eigenvalue weighted by Gasteiger charge is -2.47. The quantitative estimate of drug-likeness (QED) is 0.696. The molecule has 2 rings (SSSR count). The minimum absolute atomic E-state index is 0.371. The van der Waals surface area contributed by atoms with Crippen molar-refractivity contribution in [1.29, 1.82) is 0 Å². The Kier molecular flexibility index (Phi) is 4.25. The molecule has 1 saturated carbocycles. The summed E-state index contributed by atoms with van der Waals surface area (Å²) in [6.07, 6.45) is 12.4. The first-order valence-corrected chi connectivity index (χ1v) is 7.72. The van der Waals surface area contributed by atoms with Crippen LogP contribution in [0.1, 0.15) is 53.4 Å². The summed E-state index contributed by atoms with van der Waals surface area (Å²) < 4.78 is 5.26. The summed E-state index contributed by atoms with van der Waals surface area (Å²) in [6, 6.07) is 0. The number of methoxy groups -OCH3 is 1. The molecule has 0 N–H and O–H groups in total. The molecule has 0 radical (unpaired) electrons. The molecular weight excluding hydrogens is 232 g/mol. The third-order valence-electron chi connectivity index (χ3n) is 4.83. The summed E-state index contributed by atoms with van der Waals surface area (Å²) in [4.78, 5) is 0. The zero-order chi connectivity index (χ0) is 14.1. The first-order valence-electron chi connectivity index (χ1n) is 7.72. The van der Waals surface area contributed by atoms with Gasteiger partial charge >= 0.3 is 0 Å². The van der Waals surface area contributed by atoms with Crippen molar-refractivity contribution in [3.8, 4) is 0 Å². The molecule has 0 saturated heterocycles. The van der Waals surface area contributed by atoms with Crippen LogP contribution in [0.5, 0.6) is 0 Å². The van der Waals surface area contributed by atoms with Crippen molar-refractivity contribution in [2.75, 3.05) is 13.7 Å². The van der Waals surface area contributed by atoms with E-state index in [4.69, 9.17) is 4.74 Å². The van der Waals surface area contributed by atoms with Crippen LogP contribution in [-0.4, -0.2) is 13.7 Å². The third-order valence-corrected chi connectivity index (χ3v) is 4.83. The van der Waals surface area contributed by atoms with E-state index in [0.29, 0.717) is 16.7 Å². The number of ether oxygens (including phenoxy) is 1. The predicted molar refractivity (Wildman–Crippen MR) is 82.1 cm³/mol. The predicted octanol–water partition coefficient (Wildman–Crippen LogP) is 4.99. The molecule has 108 valence electrons. The molecule has 1 heteroatoms. The molecule has 0 aromatic rings. The summed E-state index contributed by atoms with van der Waals surface area (Å²) in [5, 5.41) is 0. The van der Waals surface area contributed by atoms with E-state index in [-0.39, 0.29) is 0 Å². The summed E-state index contributed by atoms with van der Waals surface area (Å²) in [6.45, 7) is 10.6. The van der Waals surface area contributed by atoms with Crippen LogP contribution in [0.3, 0.4) is 0 Å². The van der Waals surface area contributed by atoms with Crippen molar-refractivity contribution in [3.63, 3.8) is 0 Å². The van der Waals surface area contributed by atoms with Crippen LogP contribution in [0, 0.1) is 22.7 Å². The van der Waals surface area contributed by atoms with Gasteiger partial charge in [-0.25, -0.2) is 0 Å². The van der Waals surface area contributed by atoms with Crippen molar-refractivity contribution in [2.45, 2.75) is 53.4 Å². The Hall–Kier alpha value is -0.560. The molecule has 0 aliphatic heterocycles. The molecule has 0 aromatic heterocycles. The smallest absolute Gasteiger partial charge is 0.0528 e. The van der Waals surface area contributed by atoms with Gasteiger partial charge in [0.15, 0.2) is 0 Å². The minimum atomic E-state index is 0.371. The average Bonchev–Trinajstić information content (AvgIpc) is 2.26. The Labute approximate surface area is 119 Å². The lowest BCUT2D eigenvalue weighted by Crippen LogP contribution is -2.36. The molecular formula is C18H30O. The summed E-state index contributed by atoms with van der Waals surface area (Å²) >= 11 is 0. The highest BCUT2D eigenvalue weighted by atomic mass is 16.5. The lowest BCUT2D eigenvalue weighted by atomic mass is 9.58. The van der Waals surface area contributed by atoms with E-state index < -0.39 is 0 Å². The van der Waals surface area contributed by atoms with E-state index in [0.717, 1.165) is 18.9 Å². The average molecular weight is 262 g/mol. The van der Waals surface area contributed by atoms with Crippen LogP contribution >= 0.6 is 0 Å². The molecule has 2 aliphatic rings. The van der Waals surface area contributed by atoms with Crippen molar-refractivity contribution >= 4 is 0 Å². The molecule has 3 atom stereocenters. The Morgan fingerprint density at radius 2 is 2.00 bits per heavy atom. The maximum atomic E-state index is 5.26. The van der Waals surface area contributed by atoms with Crippen LogP contribution in [-0.2, 0) is 4.74 Å². The first-order chi connectivity index (χ1) is 8.85. The highest BCUT2D eigenvalue weighted by Crippen LogP contribution is 2.52. The molecule has 1 nitrogen and oxygen atoms in total. The normalized spacial score (nSPS) is 38.1. The molecule has 19 heavy (non-hydrogen) atoms. The monoisotopic (exact) mass is 262 g/mol. The first kappa shape index (κ1) is 14.8. The zero-order valence-electron chi connectivity index (χ0n) is 13.3. The number of rotatable bonds is 3. The van der Waals surface area contributed by atoms with Crippen LogP contribution in [0.15, 0.2) is 23.8 Å². The van der Waals surface area contributed by atoms with Gasteiger partial charge in [-0.3, -0.25) is 0 Å². The van der Waals surface area contributed by atoms with Gasteiger partial charge in [0.2, 0.25) is 0 Å². The maximum absolute atomic E-state index is 5.26. The SMILES string of the molecule is COCC1C=CC(C2(C)CC(C)CC(C)(C)C2)=CC1. The summed E-state index contributed by atoms with van der Waals surface area (Å²) in [7, 11) is 1.79. The van der Waals surface area contributed by atoms with Gasteiger partial charge in [0, 0.05) is 13.0 Å². The summed E-state index contributed by atoms with van der Waals surface area (Å²) in [5.74, 6) is 1.41. The van der Waals surface area contributed by atoms with Gasteiger partial charge in [-0.15, -0.1) is 0 Å². The molecule has 0 heterocycles. The molecule has 0 amide bonds. The van der Waals surface area contributed by atoms with Gasteiger partial charge in [0.1, 0.15) is 0 Å². The maximum Gasteiger partial charge on any atom is 0.0528 e. The molecule has 0 aromatic carbocycles. The van der Waals surface area contributed by atoms with Gasteiger partial charge in [0.25, 0.3) is 0 Å². The number of hydrogen-bond donors (Lipinski definition) is 0. The second kappa shape index (κ2) is 5.44. The van der Waals surface area contributed by atoms with Crippen LogP contribution in [0.4, 0.5) is 0 Å². The van der Waals surface area contributed by atoms with E-state index in [1.165, 1.54) is 19.3 Å². The topological polar surface area (TPSA) is 9.23 Å². The Morgan fingerprint density at radius 3 is 2.53 bits per heavy atom. The van der Waals surface area contributed by atoms with Crippen molar-refractivity contribution < 1.29 is 4.74 Å². The Balaban J connectivity index is 2.11. The van der Waals surface area contributed by atoms with E-state index in [2.05, 4.69) is 45.9 Å². The van der Waals surface area contributed by atoms with E-state index in [1.54, 1.807) is 12.7 Å². The molecule has 1 fully saturated rings. The Bertz CT molecular complexity index is 377. The summed E-state index contributed by atoms with van der Waals surface area (Å²) in [5.41, 5.74) is 2.42. The van der Waals surface area contributed by atoms with Gasteiger partial charge in [-0.1, -0.05) is 45.9 Å². The molecule has 2 aliphatic carbocycles. The van der Waals surface area contributed by atoms with Crippen molar-refractivity contribution in [1.82, 2.24) is 0 Å². The fourth-order valence-electron chi connectivity index (χ4n) is 4.66. The van der Waals surface area contributed by atoms with E-state index in [1.807, 2.05) is 0 Å².